The zero-order chi connectivity index (χ0) is 16.0. The van der Waals surface area contributed by atoms with Crippen molar-refractivity contribution in [2.45, 2.75) is 18.6 Å². The second-order valence-corrected chi connectivity index (χ2v) is 8.12. The van der Waals surface area contributed by atoms with Crippen LogP contribution < -0.4 is 4.90 Å². The number of piperazine rings is 1. The molecule has 1 atom stereocenters. The Labute approximate surface area is 142 Å². The highest BCUT2D eigenvalue weighted by Gasteiger charge is 2.34. The van der Waals surface area contributed by atoms with Crippen LogP contribution in [0.4, 0.5) is 11.4 Å². The summed E-state index contributed by atoms with van der Waals surface area (Å²) in [6.07, 6.45) is 1.11. The Balaban J connectivity index is 1.81. The molecule has 0 spiro atoms. The minimum absolute atomic E-state index is 0.616. The molecule has 0 bridgehead atoms. The van der Waals surface area contributed by atoms with Gasteiger partial charge in [-0.2, -0.15) is 0 Å². The maximum atomic E-state index is 5.00. The number of aliphatic imine (C=N–C) groups is 1. The first-order chi connectivity index (χ1) is 11.1. The average Bonchev–Trinajstić information content (AvgIpc) is 2.85. The molecule has 1 aromatic carbocycles. The third-order valence-corrected chi connectivity index (χ3v) is 6.05. The van der Waals surface area contributed by atoms with E-state index in [0.29, 0.717) is 5.25 Å². The standard InChI is InChI=1S/C18H24N4S/c1-13-12-14-17(23-13)19-15-6-4-5-7-16(15)21(3)18(14)22-10-8-20(2)9-11-22/h4-7,13H,8-12H2,1-3H3. The molecule has 23 heavy (non-hydrogen) atoms. The van der Waals surface area contributed by atoms with Crippen molar-refractivity contribution >= 4 is 28.2 Å². The van der Waals surface area contributed by atoms with E-state index in [1.54, 1.807) is 0 Å². The number of benzene rings is 1. The van der Waals surface area contributed by atoms with Crippen LogP contribution in [0.5, 0.6) is 0 Å². The maximum Gasteiger partial charge on any atom is 0.114 e. The molecule has 4 rings (SSSR count). The molecule has 3 aliphatic heterocycles. The lowest BCUT2D eigenvalue weighted by Gasteiger charge is -2.39. The Morgan fingerprint density at radius 2 is 1.83 bits per heavy atom. The first kappa shape index (κ1) is 15.1. The number of fused-ring (bicyclic) bond motifs is 2. The smallest absolute Gasteiger partial charge is 0.114 e. The molecule has 4 nitrogen and oxygen atoms in total. The van der Waals surface area contributed by atoms with Crippen molar-refractivity contribution in [2.24, 2.45) is 4.99 Å². The van der Waals surface area contributed by atoms with E-state index in [-0.39, 0.29) is 0 Å². The molecule has 3 heterocycles. The first-order valence-corrected chi connectivity index (χ1v) is 9.26. The van der Waals surface area contributed by atoms with Gasteiger partial charge in [0, 0.05) is 44.0 Å². The summed E-state index contributed by atoms with van der Waals surface area (Å²) in [5, 5.41) is 1.84. The first-order valence-electron chi connectivity index (χ1n) is 8.38. The molecule has 5 heteroatoms. The van der Waals surface area contributed by atoms with Crippen molar-refractivity contribution in [3.63, 3.8) is 0 Å². The van der Waals surface area contributed by atoms with Gasteiger partial charge in [0.2, 0.25) is 0 Å². The molecule has 1 aromatic rings. The van der Waals surface area contributed by atoms with Gasteiger partial charge in [0.15, 0.2) is 0 Å². The van der Waals surface area contributed by atoms with Crippen molar-refractivity contribution in [2.75, 3.05) is 45.2 Å². The van der Waals surface area contributed by atoms with Crippen LogP contribution in [0.3, 0.4) is 0 Å². The number of para-hydroxylation sites is 2. The van der Waals surface area contributed by atoms with Gasteiger partial charge in [-0.15, -0.1) is 11.8 Å². The Kier molecular flexibility index (Phi) is 3.85. The van der Waals surface area contributed by atoms with Gasteiger partial charge in [-0.1, -0.05) is 19.1 Å². The Hall–Kier alpha value is -1.46. The van der Waals surface area contributed by atoms with E-state index in [1.807, 2.05) is 11.8 Å². The number of rotatable bonds is 1. The van der Waals surface area contributed by atoms with Crippen molar-refractivity contribution in [1.82, 2.24) is 9.80 Å². The second kappa shape index (κ2) is 5.87. The molecule has 0 aliphatic carbocycles. The highest BCUT2D eigenvalue weighted by atomic mass is 32.2. The maximum absolute atomic E-state index is 5.00. The monoisotopic (exact) mass is 328 g/mol. The van der Waals surface area contributed by atoms with Gasteiger partial charge in [0.1, 0.15) is 10.9 Å². The minimum Gasteiger partial charge on any atom is -0.355 e. The van der Waals surface area contributed by atoms with E-state index >= 15 is 0 Å². The molecule has 2 saturated heterocycles. The fourth-order valence-electron chi connectivity index (χ4n) is 3.65. The lowest BCUT2D eigenvalue weighted by atomic mass is 10.1. The average molecular weight is 328 g/mol. The molecule has 3 aliphatic rings. The Morgan fingerprint density at radius 1 is 1.09 bits per heavy atom. The normalized spacial score (nSPS) is 25.2. The summed E-state index contributed by atoms with van der Waals surface area (Å²) in [4.78, 5) is 12.3. The van der Waals surface area contributed by atoms with Gasteiger partial charge in [-0.3, -0.25) is 0 Å². The van der Waals surface area contributed by atoms with Gasteiger partial charge in [-0.05, 0) is 25.6 Å². The summed E-state index contributed by atoms with van der Waals surface area (Å²) in [5.41, 5.74) is 3.74. The van der Waals surface area contributed by atoms with Crippen LogP contribution in [0.15, 0.2) is 40.7 Å². The van der Waals surface area contributed by atoms with Gasteiger partial charge in [0.05, 0.1) is 11.4 Å². The molecule has 0 aromatic heterocycles. The third-order valence-electron chi connectivity index (χ3n) is 4.92. The quantitative estimate of drug-likeness (QED) is 0.789. The van der Waals surface area contributed by atoms with Gasteiger partial charge in [-0.25, -0.2) is 4.99 Å². The van der Waals surface area contributed by atoms with Gasteiger partial charge < -0.3 is 14.7 Å². The van der Waals surface area contributed by atoms with Gasteiger partial charge >= 0.3 is 0 Å². The number of hydrogen-bond acceptors (Lipinski definition) is 5. The molecule has 0 radical (unpaired) electrons. The van der Waals surface area contributed by atoms with E-state index in [2.05, 4.69) is 60.0 Å². The van der Waals surface area contributed by atoms with E-state index in [4.69, 9.17) is 4.99 Å². The predicted octanol–water partition coefficient (Wildman–Crippen LogP) is 3.15. The molecular formula is C18H24N4S. The summed E-state index contributed by atoms with van der Waals surface area (Å²) >= 11 is 1.93. The molecule has 2 fully saturated rings. The van der Waals surface area contributed by atoms with E-state index in [1.165, 1.54) is 22.1 Å². The number of thioether (sulfide) groups is 1. The van der Waals surface area contributed by atoms with E-state index in [0.717, 1.165) is 38.3 Å². The topological polar surface area (TPSA) is 22.1 Å². The zero-order valence-electron chi connectivity index (χ0n) is 14.1. The fourth-order valence-corrected chi connectivity index (χ4v) is 4.75. The lowest BCUT2D eigenvalue weighted by Crippen LogP contribution is -2.47. The summed E-state index contributed by atoms with van der Waals surface area (Å²) in [6, 6.07) is 8.51. The molecule has 122 valence electrons. The van der Waals surface area contributed by atoms with Crippen LogP contribution >= 0.6 is 11.8 Å². The fraction of sp³-hybridized carbons (Fsp3) is 0.500. The zero-order valence-corrected chi connectivity index (χ0v) is 14.9. The Bertz CT molecular complexity index is 673. The summed E-state index contributed by atoms with van der Waals surface area (Å²) < 4.78 is 0. The van der Waals surface area contributed by atoms with Crippen molar-refractivity contribution in [3.8, 4) is 0 Å². The van der Waals surface area contributed by atoms with E-state index < -0.39 is 0 Å². The Morgan fingerprint density at radius 3 is 2.61 bits per heavy atom. The molecule has 0 amide bonds. The molecule has 0 N–H and O–H groups in total. The van der Waals surface area contributed by atoms with Crippen LogP contribution in [0, 0.1) is 0 Å². The highest BCUT2D eigenvalue weighted by molar-refractivity contribution is 8.15. The number of anilines is 1. The second-order valence-electron chi connectivity index (χ2n) is 6.69. The van der Waals surface area contributed by atoms with Crippen LogP contribution in [0.1, 0.15) is 13.3 Å². The lowest BCUT2D eigenvalue weighted by molar-refractivity contribution is 0.183. The molecular weight excluding hydrogens is 304 g/mol. The summed E-state index contributed by atoms with van der Waals surface area (Å²) in [6.45, 7) is 6.74. The highest BCUT2D eigenvalue weighted by Crippen LogP contribution is 2.44. The van der Waals surface area contributed by atoms with Crippen molar-refractivity contribution in [1.29, 1.82) is 0 Å². The van der Waals surface area contributed by atoms with Gasteiger partial charge in [0.25, 0.3) is 0 Å². The van der Waals surface area contributed by atoms with Crippen molar-refractivity contribution < 1.29 is 0 Å². The van der Waals surface area contributed by atoms with Crippen LogP contribution in [0.2, 0.25) is 0 Å². The summed E-state index contributed by atoms with van der Waals surface area (Å²) in [5.74, 6) is 1.37. The van der Waals surface area contributed by atoms with Crippen LogP contribution in [0.25, 0.3) is 0 Å². The van der Waals surface area contributed by atoms with E-state index in [9.17, 15) is 0 Å². The number of hydrogen-bond donors (Lipinski definition) is 0. The number of likely N-dealkylation sites (N-methyl/N-ethyl adjacent to an activating group) is 1. The predicted molar refractivity (Wildman–Crippen MR) is 99.7 cm³/mol. The third kappa shape index (κ3) is 2.66. The molecule has 0 saturated carbocycles. The van der Waals surface area contributed by atoms with Crippen molar-refractivity contribution in [3.05, 3.63) is 35.7 Å². The summed E-state index contributed by atoms with van der Waals surface area (Å²) in [7, 11) is 4.41. The van der Waals surface area contributed by atoms with Crippen LogP contribution in [-0.2, 0) is 0 Å². The minimum atomic E-state index is 0.616. The largest absolute Gasteiger partial charge is 0.355 e. The number of nitrogens with zero attached hydrogens (tertiary/aromatic N) is 4. The van der Waals surface area contributed by atoms with Crippen LogP contribution in [-0.4, -0.2) is 60.4 Å². The SMILES string of the molecule is CC1CC2=C(N3CCN(C)CC3)N(C)c3ccccc3N=C2S1. The molecule has 1 unspecified atom stereocenters.